The number of amides is 1. The van der Waals surface area contributed by atoms with E-state index < -0.39 is 23.0 Å². The maximum atomic E-state index is 13.0. The average molecular weight is 296 g/mol. The summed E-state index contributed by atoms with van der Waals surface area (Å²) in [4.78, 5) is 26.2. The summed E-state index contributed by atoms with van der Waals surface area (Å²) in [6.45, 7) is 6.48. The Morgan fingerprint density at radius 2 is 1.90 bits per heavy atom. The third kappa shape index (κ3) is 3.07. The van der Waals surface area contributed by atoms with Gasteiger partial charge in [-0.25, -0.2) is 4.79 Å². The molecule has 0 aromatic rings. The number of piperidine rings is 1. The van der Waals surface area contributed by atoms with E-state index >= 15 is 0 Å². The van der Waals surface area contributed by atoms with E-state index in [1.54, 1.807) is 4.90 Å². The largest absolute Gasteiger partial charge is 0.480 e. The first kappa shape index (κ1) is 16.3. The van der Waals surface area contributed by atoms with E-state index in [9.17, 15) is 14.7 Å². The van der Waals surface area contributed by atoms with Crippen molar-refractivity contribution in [2.45, 2.75) is 70.9 Å². The smallest absolute Gasteiger partial charge is 0.326 e. The standard InChI is InChI=1S/C16H28N2O3/c1-11-6-4-8-16(17,10-11)14(21)18-9-5-7-15(2,3)12(18)13(19)20/h11-12H,4-10,17H2,1-3H3,(H,19,20). The van der Waals surface area contributed by atoms with Crippen LogP contribution in [0.25, 0.3) is 0 Å². The zero-order valence-corrected chi connectivity index (χ0v) is 13.4. The number of rotatable bonds is 2. The molecule has 0 bridgehead atoms. The Morgan fingerprint density at radius 1 is 1.24 bits per heavy atom. The van der Waals surface area contributed by atoms with Crippen LogP contribution in [0.15, 0.2) is 0 Å². The fourth-order valence-electron chi connectivity index (χ4n) is 4.15. The Kier molecular flexibility index (Phi) is 4.34. The van der Waals surface area contributed by atoms with Crippen LogP contribution in [0.5, 0.6) is 0 Å². The van der Waals surface area contributed by atoms with Gasteiger partial charge in [0.15, 0.2) is 0 Å². The van der Waals surface area contributed by atoms with Gasteiger partial charge in [0, 0.05) is 6.54 Å². The number of nitrogens with zero attached hydrogens (tertiary/aromatic N) is 1. The summed E-state index contributed by atoms with van der Waals surface area (Å²) in [5, 5.41) is 9.59. The second kappa shape index (κ2) is 5.59. The van der Waals surface area contributed by atoms with Crippen molar-refractivity contribution in [3.63, 3.8) is 0 Å². The molecule has 0 aromatic heterocycles. The highest BCUT2D eigenvalue weighted by molar-refractivity contribution is 5.90. The molecule has 0 radical (unpaired) electrons. The van der Waals surface area contributed by atoms with Crippen LogP contribution >= 0.6 is 0 Å². The Morgan fingerprint density at radius 3 is 2.48 bits per heavy atom. The van der Waals surface area contributed by atoms with Crippen LogP contribution in [0.2, 0.25) is 0 Å². The molecule has 3 unspecified atom stereocenters. The van der Waals surface area contributed by atoms with Crippen molar-refractivity contribution in [3.05, 3.63) is 0 Å². The lowest BCUT2D eigenvalue weighted by atomic mass is 9.73. The van der Waals surface area contributed by atoms with Crippen LogP contribution in [-0.4, -0.2) is 40.0 Å². The van der Waals surface area contributed by atoms with Gasteiger partial charge in [0.1, 0.15) is 6.04 Å². The van der Waals surface area contributed by atoms with Gasteiger partial charge >= 0.3 is 5.97 Å². The number of aliphatic carboxylic acids is 1. The zero-order valence-electron chi connectivity index (χ0n) is 13.4. The lowest BCUT2D eigenvalue weighted by Gasteiger charge is -2.48. The van der Waals surface area contributed by atoms with Gasteiger partial charge in [0.2, 0.25) is 5.91 Å². The second-order valence-corrected chi connectivity index (χ2v) is 7.69. The van der Waals surface area contributed by atoms with Crippen molar-refractivity contribution in [1.82, 2.24) is 4.90 Å². The summed E-state index contributed by atoms with van der Waals surface area (Å²) in [7, 11) is 0. The van der Waals surface area contributed by atoms with Gasteiger partial charge in [-0.15, -0.1) is 0 Å². The fourth-order valence-corrected chi connectivity index (χ4v) is 4.15. The Balaban J connectivity index is 2.25. The van der Waals surface area contributed by atoms with Crippen LogP contribution in [-0.2, 0) is 9.59 Å². The van der Waals surface area contributed by atoms with Crippen LogP contribution in [0.3, 0.4) is 0 Å². The van der Waals surface area contributed by atoms with Gasteiger partial charge < -0.3 is 15.7 Å². The molecule has 5 nitrogen and oxygen atoms in total. The quantitative estimate of drug-likeness (QED) is 0.816. The normalized spacial score (nSPS) is 36.3. The molecule has 0 aromatic carbocycles. The monoisotopic (exact) mass is 296 g/mol. The topological polar surface area (TPSA) is 83.6 Å². The minimum atomic E-state index is -0.916. The SMILES string of the molecule is CC1CCCC(N)(C(=O)N2CCCC(C)(C)C2C(=O)O)C1. The van der Waals surface area contributed by atoms with Crippen molar-refractivity contribution in [2.75, 3.05) is 6.54 Å². The van der Waals surface area contributed by atoms with Gasteiger partial charge in [-0.3, -0.25) is 4.79 Å². The average Bonchev–Trinajstić information content (AvgIpc) is 2.35. The highest BCUT2D eigenvalue weighted by atomic mass is 16.4. The van der Waals surface area contributed by atoms with Gasteiger partial charge in [-0.05, 0) is 37.0 Å². The number of hydrogen-bond donors (Lipinski definition) is 2. The van der Waals surface area contributed by atoms with Crippen molar-refractivity contribution in [3.8, 4) is 0 Å². The molecule has 21 heavy (non-hydrogen) atoms. The number of nitrogens with two attached hydrogens (primary N) is 1. The number of carbonyl (C=O) groups excluding carboxylic acids is 1. The molecule has 3 N–H and O–H groups in total. The van der Waals surface area contributed by atoms with E-state index in [0.717, 1.165) is 25.7 Å². The Hall–Kier alpha value is -1.10. The maximum absolute atomic E-state index is 13.0. The first-order chi connectivity index (χ1) is 9.67. The minimum absolute atomic E-state index is 0.158. The molecule has 3 atom stereocenters. The summed E-state index contributed by atoms with van der Waals surface area (Å²) in [6.07, 6.45) is 5.03. The first-order valence-electron chi connectivity index (χ1n) is 8.00. The second-order valence-electron chi connectivity index (χ2n) is 7.69. The fraction of sp³-hybridized carbons (Fsp3) is 0.875. The number of hydrogen-bond acceptors (Lipinski definition) is 3. The van der Waals surface area contributed by atoms with Crippen LogP contribution in [0.4, 0.5) is 0 Å². The molecule has 5 heteroatoms. The predicted molar refractivity (Wildman–Crippen MR) is 80.7 cm³/mol. The Bertz CT molecular complexity index is 435. The summed E-state index contributed by atoms with van der Waals surface area (Å²) < 4.78 is 0. The van der Waals surface area contributed by atoms with E-state index in [0.29, 0.717) is 25.3 Å². The molecule has 1 aliphatic heterocycles. The van der Waals surface area contributed by atoms with E-state index in [1.807, 2.05) is 13.8 Å². The molecule has 2 aliphatic rings. The molecule has 1 heterocycles. The zero-order chi connectivity index (χ0) is 15.8. The number of likely N-dealkylation sites (tertiary alicyclic amines) is 1. The van der Waals surface area contributed by atoms with Gasteiger partial charge in [-0.1, -0.05) is 33.6 Å². The lowest BCUT2D eigenvalue weighted by Crippen LogP contribution is -2.64. The van der Waals surface area contributed by atoms with Crippen LogP contribution < -0.4 is 5.73 Å². The van der Waals surface area contributed by atoms with E-state index in [4.69, 9.17) is 5.73 Å². The van der Waals surface area contributed by atoms with Gasteiger partial charge in [0.05, 0.1) is 5.54 Å². The predicted octanol–water partition coefficient (Wildman–Crippen LogP) is 2.00. The van der Waals surface area contributed by atoms with Gasteiger partial charge in [0.25, 0.3) is 0 Å². The maximum Gasteiger partial charge on any atom is 0.326 e. The molecule has 1 aliphatic carbocycles. The molecular weight excluding hydrogens is 268 g/mol. The van der Waals surface area contributed by atoms with Crippen LogP contribution in [0, 0.1) is 11.3 Å². The van der Waals surface area contributed by atoms with E-state index in [1.165, 1.54) is 0 Å². The number of carbonyl (C=O) groups is 2. The van der Waals surface area contributed by atoms with Crippen molar-refractivity contribution >= 4 is 11.9 Å². The molecule has 1 saturated carbocycles. The first-order valence-corrected chi connectivity index (χ1v) is 8.00. The molecule has 1 saturated heterocycles. The number of carboxylic acid groups (broad SMARTS) is 1. The van der Waals surface area contributed by atoms with E-state index in [-0.39, 0.29) is 5.91 Å². The van der Waals surface area contributed by atoms with E-state index in [2.05, 4.69) is 6.92 Å². The molecule has 2 fully saturated rings. The molecule has 1 amide bonds. The highest BCUT2D eigenvalue weighted by Crippen LogP contribution is 2.39. The van der Waals surface area contributed by atoms with Crippen molar-refractivity contribution in [1.29, 1.82) is 0 Å². The molecular formula is C16H28N2O3. The molecule has 120 valence electrons. The molecule has 0 spiro atoms. The molecule has 2 rings (SSSR count). The van der Waals surface area contributed by atoms with Gasteiger partial charge in [-0.2, -0.15) is 0 Å². The third-order valence-corrected chi connectivity index (χ3v) is 5.23. The Labute approximate surface area is 126 Å². The van der Waals surface area contributed by atoms with Crippen LogP contribution in [0.1, 0.15) is 59.3 Å². The summed E-state index contributed by atoms with van der Waals surface area (Å²) in [5.41, 5.74) is 5.11. The number of carboxylic acids is 1. The van der Waals surface area contributed by atoms with Crippen molar-refractivity contribution in [2.24, 2.45) is 17.1 Å². The highest BCUT2D eigenvalue weighted by Gasteiger charge is 2.49. The third-order valence-electron chi connectivity index (χ3n) is 5.23. The minimum Gasteiger partial charge on any atom is -0.480 e. The summed E-state index contributed by atoms with van der Waals surface area (Å²) >= 11 is 0. The lowest BCUT2D eigenvalue weighted by molar-refractivity contribution is -0.162. The summed E-state index contributed by atoms with van der Waals surface area (Å²) in [5.74, 6) is -0.650. The summed E-state index contributed by atoms with van der Waals surface area (Å²) in [6, 6.07) is -0.767. The van der Waals surface area contributed by atoms with Crippen molar-refractivity contribution < 1.29 is 14.7 Å².